The van der Waals surface area contributed by atoms with E-state index < -0.39 is 0 Å². The molecule has 0 aromatic carbocycles. The summed E-state index contributed by atoms with van der Waals surface area (Å²) in [4.78, 5) is 18.9. The van der Waals surface area contributed by atoms with Crippen molar-refractivity contribution in [1.82, 2.24) is 9.97 Å². The number of nitrogens with one attached hydrogen (secondary N) is 1. The lowest BCUT2D eigenvalue weighted by atomic mass is 10.3. The lowest BCUT2D eigenvalue weighted by molar-refractivity contribution is -0.140. The second-order valence-electron chi connectivity index (χ2n) is 3.23. The van der Waals surface area contributed by atoms with Gasteiger partial charge in [0.1, 0.15) is 16.8 Å². The van der Waals surface area contributed by atoms with Crippen molar-refractivity contribution in [2.24, 2.45) is 0 Å². The van der Waals surface area contributed by atoms with Crippen LogP contribution in [0.5, 0.6) is 0 Å². The Balaban J connectivity index is 2.34. The molecule has 16 heavy (non-hydrogen) atoms. The van der Waals surface area contributed by atoms with Crippen molar-refractivity contribution in [2.75, 3.05) is 19.0 Å². The molecule has 0 unspecified atom stereocenters. The molecule has 0 atom stereocenters. The molecule has 1 N–H and O–H groups in total. The minimum atomic E-state index is -0.210. The van der Waals surface area contributed by atoms with E-state index in [0.717, 1.165) is 0 Å². The molecule has 0 aliphatic carbocycles. The van der Waals surface area contributed by atoms with E-state index in [4.69, 9.17) is 11.6 Å². The number of esters is 1. The maximum atomic E-state index is 10.8. The van der Waals surface area contributed by atoms with Gasteiger partial charge in [-0.2, -0.15) is 0 Å². The Morgan fingerprint density at radius 3 is 2.94 bits per heavy atom. The number of hydrogen-bond acceptors (Lipinski definition) is 5. The zero-order chi connectivity index (χ0) is 12.0. The highest BCUT2D eigenvalue weighted by atomic mass is 35.5. The van der Waals surface area contributed by atoms with E-state index >= 15 is 0 Å². The molecule has 6 heteroatoms. The Morgan fingerprint density at radius 2 is 2.31 bits per heavy atom. The molecule has 1 rings (SSSR count). The summed E-state index contributed by atoms with van der Waals surface area (Å²) in [6.45, 7) is 2.41. The van der Waals surface area contributed by atoms with Gasteiger partial charge < -0.3 is 10.1 Å². The molecule has 0 bridgehead atoms. The topological polar surface area (TPSA) is 64.1 Å². The quantitative estimate of drug-likeness (QED) is 0.485. The summed E-state index contributed by atoms with van der Waals surface area (Å²) in [6.07, 6.45) is 1.08. The number of carbonyl (C=O) groups excluding carboxylic acids is 1. The molecule has 0 saturated heterocycles. The zero-order valence-electron chi connectivity index (χ0n) is 9.29. The average molecular weight is 244 g/mol. The van der Waals surface area contributed by atoms with Crippen LogP contribution in [0.3, 0.4) is 0 Å². The average Bonchev–Trinajstić information content (AvgIpc) is 2.22. The van der Waals surface area contributed by atoms with Crippen LogP contribution in [0.25, 0.3) is 0 Å². The number of aromatic nitrogens is 2. The molecule has 0 spiro atoms. The first-order valence-electron chi connectivity index (χ1n) is 4.93. The van der Waals surface area contributed by atoms with Gasteiger partial charge in [-0.15, -0.1) is 0 Å². The van der Waals surface area contributed by atoms with Crippen LogP contribution < -0.4 is 5.32 Å². The van der Waals surface area contributed by atoms with Crippen molar-refractivity contribution >= 4 is 23.4 Å². The van der Waals surface area contributed by atoms with Crippen molar-refractivity contribution in [3.63, 3.8) is 0 Å². The van der Waals surface area contributed by atoms with Gasteiger partial charge >= 0.3 is 5.97 Å². The highest BCUT2D eigenvalue weighted by molar-refractivity contribution is 6.29. The first kappa shape index (κ1) is 12.7. The van der Waals surface area contributed by atoms with Crippen molar-refractivity contribution < 1.29 is 9.53 Å². The third-order valence-electron chi connectivity index (χ3n) is 1.90. The van der Waals surface area contributed by atoms with Gasteiger partial charge in [0.2, 0.25) is 0 Å². The maximum Gasteiger partial charge on any atom is 0.305 e. The van der Waals surface area contributed by atoms with Gasteiger partial charge in [-0.25, -0.2) is 9.97 Å². The van der Waals surface area contributed by atoms with Crippen LogP contribution in [-0.4, -0.2) is 29.6 Å². The molecule has 1 aromatic heterocycles. The molecule has 0 amide bonds. The van der Waals surface area contributed by atoms with Crippen LogP contribution in [-0.2, 0) is 9.53 Å². The van der Waals surface area contributed by atoms with Gasteiger partial charge in [0, 0.05) is 19.0 Å². The molecule has 5 nitrogen and oxygen atoms in total. The number of anilines is 1. The molecular formula is C10H14ClN3O2. The van der Waals surface area contributed by atoms with Crippen LogP contribution in [0.15, 0.2) is 6.07 Å². The van der Waals surface area contributed by atoms with Gasteiger partial charge in [-0.1, -0.05) is 11.6 Å². The second-order valence-corrected chi connectivity index (χ2v) is 3.62. The van der Waals surface area contributed by atoms with E-state index in [1.54, 1.807) is 13.0 Å². The van der Waals surface area contributed by atoms with E-state index in [-0.39, 0.29) is 5.97 Å². The fourth-order valence-electron chi connectivity index (χ4n) is 1.17. The number of nitrogens with zero attached hydrogens (tertiary/aromatic N) is 2. The van der Waals surface area contributed by atoms with E-state index in [0.29, 0.717) is 36.2 Å². The molecule has 0 aliphatic heterocycles. The third kappa shape index (κ3) is 4.44. The van der Waals surface area contributed by atoms with Gasteiger partial charge in [0.15, 0.2) is 0 Å². The second kappa shape index (κ2) is 6.27. The normalized spacial score (nSPS) is 9.94. The van der Waals surface area contributed by atoms with Crippen LogP contribution in [0.1, 0.15) is 18.7 Å². The van der Waals surface area contributed by atoms with Gasteiger partial charge in [0.25, 0.3) is 0 Å². The fourth-order valence-corrected chi connectivity index (χ4v) is 1.40. The van der Waals surface area contributed by atoms with Crippen molar-refractivity contribution in [3.05, 3.63) is 17.0 Å². The fraction of sp³-hybridized carbons (Fsp3) is 0.500. The SMILES string of the molecule is COC(=O)CCCNc1cc(Cl)nc(C)n1. The molecule has 0 saturated carbocycles. The lowest BCUT2D eigenvalue weighted by Crippen LogP contribution is -2.08. The predicted octanol–water partition coefficient (Wildman–Crippen LogP) is 1.80. The van der Waals surface area contributed by atoms with Crippen LogP contribution >= 0.6 is 11.6 Å². The van der Waals surface area contributed by atoms with Gasteiger partial charge in [-0.3, -0.25) is 4.79 Å². The standard InChI is InChI=1S/C10H14ClN3O2/c1-7-13-8(11)6-9(14-7)12-5-3-4-10(15)16-2/h6H,3-5H2,1-2H3,(H,12,13,14). The number of rotatable bonds is 5. The Bertz CT molecular complexity index is 351. The van der Waals surface area contributed by atoms with Gasteiger partial charge in [0.05, 0.1) is 7.11 Å². The number of methoxy groups -OCH3 is 1. The summed E-state index contributed by atoms with van der Waals surface area (Å²) < 4.78 is 4.53. The van der Waals surface area contributed by atoms with Crippen LogP contribution in [0.4, 0.5) is 5.82 Å². The van der Waals surface area contributed by atoms with Crippen LogP contribution in [0.2, 0.25) is 5.15 Å². The maximum absolute atomic E-state index is 10.8. The summed E-state index contributed by atoms with van der Waals surface area (Å²) in [5, 5.41) is 3.47. The third-order valence-corrected chi connectivity index (χ3v) is 2.09. The summed E-state index contributed by atoms with van der Waals surface area (Å²) in [5.41, 5.74) is 0. The van der Waals surface area contributed by atoms with E-state index in [9.17, 15) is 4.79 Å². The Kier molecular flexibility index (Phi) is 4.98. The first-order valence-corrected chi connectivity index (χ1v) is 5.31. The summed E-state index contributed by atoms with van der Waals surface area (Å²) in [5.74, 6) is 1.07. The van der Waals surface area contributed by atoms with E-state index in [1.165, 1.54) is 7.11 Å². The Hall–Kier alpha value is -1.36. The van der Waals surface area contributed by atoms with Gasteiger partial charge in [-0.05, 0) is 13.3 Å². The van der Waals surface area contributed by atoms with Crippen molar-refractivity contribution in [2.45, 2.75) is 19.8 Å². The number of aryl methyl sites for hydroxylation is 1. The Labute approximate surface area is 99.2 Å². The number of halogens is 1. The smallest absolute Gasteiger partial charge is 0.305 e. The minimum absolute atomic E-state index is 0.210. The highest BCUT2D eigenvalue weighted by Crippen LogP contribution is 2.10. The molecule has 1 heterocycles. The molecule has 88 valence electrons. The largest absolute Gasteiger partial charge is 0.469 e. The zero-order valence-corrected chi connectivity index (χ0v) is 10.0. The summed E-state index contributed by atoms with van der Waals surface area (Å²) in [6, 6.07) is 1.65. The first-order chi connectivity index (χ1) is 7.61. The summed E-state index contributed by atoms with van der Waals surface area (Å²) >= 11 is 5.77. The molecule has 0 radical (unpaired) electrons. The molecule has 1 aromatic rings. The molecule has 0 aliphatic rings. The summed E-state index contributed by atoms with van der Waals surface area (Å²) in [7, 11) is 1.38. The minimum Gasteiger partial charge on any atom is -0.469 e. The molecular weight excluding hydrogens is 230 g/mol. The van der Waals surface area contributed by atoms with E-state index in [2.05, 4.69) is 20.0 Å². The number of ether oxygens (including phenoxy) is 1. The highest BCUT2D eigenvalue weighted by Gasteiger charge is 2.01. The van der Waals surface area contributed by atoms with Crippen LogP contribution in [0, 0.1) is 6.92 Å². The Morgan fingerprint density at radius 1 is 1.56 bits per heavy atom. The monoisotopic (exact) mass is 243 g/mol. The predicted molar refractivity (Wildman–Crippen MR) is 61.5 cm³/mol. The van der Waals surface area contributed by atoms with E-state index in [1.807, 2.05) is 0 Å². The van der Waals surface area contributed by atoms with Crippen molar-refractivity contribution in [1.29, 1.82) is 0 Å². The number of hydrogen-bond donors (Lipinski definition) is 1. The molecule has 0 fully saturated rings. The number of carbonyl (C=O) groups is 1. The lowest BCUT2D eigenvalue weighted by Gasteiger charge is -2.05. The van der Waals surface area contributed by atoms with Crippen molar-refractivity contribution in [3.8, 4) is 0 Å².